The van der Waals surface area contributed by atoms with Crippen LogP contribution in [-0.2, 0) is 26.3 Å². The highest BCUT2D eigenvalue weighted by Gasteiger charge is 2.45. The third-order valence-electron chi connectivity index (χ3n) is 3.58. The maximum absolute atomic E-state index is 14.1. The van der Waals surface area contributed by atoms with Crippen LogP contribution in [0.2, 0.25) is 0 Å². The molecule has 6 nitrogen and oxygen atoms in total. The van der Waals surface area contributed by atoms with Gasteiger partial charge in [-0.05, 0) is 24.6 Å². The summed E-state index contributed by atoms with van der Waals surface area (Å²) in [6.07, 6.45) is -9.65. The molecule has 1 aliphatic heterocycles. The van der Waals surface area contributed by atoms with E-state index in [0.29, 0.717) is 0 Å². The highest BCUT2D eigenvalue weighted by atomic mass is 19.4. The first-order chi connectivity index (χ1) is 12.4. The maximum atomic E-state index is 14.1. The molecule has 0 fully saturated rings. The minimum Gasteiger partial charge on any atom is -0.483 e. The molecule has 27 heavy (non-hydrogen) atoms. The van der Waals surface area contributed by atoms with Crippen molar-refractivity contribution in [1.82, 2.24) is 0 Å². The van der Waals surface area contributed by atoms with Gasteiger partial charge in [-0.15, -0.1) is 0 Å². The number of alkyl halides is 4. The largest absolute Gasteiger partial charge is 0.483 e. The van der Waals surface area contributed by atoms with E-state index in [1.807, 2.05) is 0 Å². The minimum atomic E-state index is -5.26. The van der Waals surface area contributed by atoms with Gasteiger partial charge in [0.15, 0.2) is 5.78 Å². The molecule has 1 unspecified atom stereocenters. The maximum Gasteiger partial charge on any atom is 0.426 e. The van der Waals surface area contributed by atoms with Gasteiger partial charge in [0, 0.05) is 12.0 Å². The highest BCUT2D eigenvalue weighted by Crippen LogP contribution is 2.31. The van der Waals surface area contributed by atoms with Crippen molar-refractivity contribution in [3.8, 4) is 0 Å². The summed E-state index contributed by atoms with van der Waals surface area (Å²) in [7, 11) is 0. The zero-order valence-corrected chi connectivity index (χ0v) is 14.1. The zero-order valence-electron chi connectivity index (χ0n) is 14.1. The summed E-state index contributed by atoms with van der Waals surface area (Å²) in [5.41, 5.74) is 4.46. The van der Waals surface area contributed by atoms with Gasteiger partial charge in [-0.2, -0.15) is 13.2 Å². The Morgan fingerprint density at radius 2 is 2.07 bits per heavy atom. The first-order valence-corrected chi connectivity index (χ1v) is 7.47. The van der Waals surface area contributed by atoms with E-state index in [2.05, 4.69) is 4.99 Å². The standard InChI is InChI=1S/C15H15F5N2O2.CH2O2/c1-14(7-24-6-12(21)22-14)9-4-8(2-3-10(9)16)5-11(23)13(17)15(18,19)20;2-1-3/h2-4,13H,5-7H2,1H3,(H2,21,22);1H,(H,2,3)/t13?,14-;/m0./s1. The number of carboxylic acid groups (broad SMARTS) is 1. The molecule has 0 aromatic heterocycles. The molecule has 2 rings (SSSR count). The van der Waals surface area contributed by atoms with Crippen LogP contribution in [0.1, 0.15) is 18.1 Å². The molecule has 1 aliphatic rings. The molecule has 0 radical (unpaired) electrons. The fourth-order valence-electron chi connectivity index (χ4n) is 2.44. The number of Topliss-reactive ketones (excluding diaryl/α,β-unsaturated/α-hetero) is 1. The van der Waals surface area contributed by atoms with E-state index < -0.39 is 35.9 Å². The second kappa shape index (κ2) is 8.89. The van der Waals surface area contributed by atoms with Crippen molar-refractivity contribution in [2.24, 2.45) is 10.7 Å². The van der Waals surface area contributed by atoms with Crippen molar-refractivity contribution in [3.63, 3.8) is 0 Å². The number of aliphatic imine (C=N–C) groups is 1. The Kier molecular flexibility index (Phi) is 7.40. The van der Waals surface area contributed by atoms with Gasteiger partial charge < -0.3 is 15.6 Å². The number of nitrogens with two attached hydrogens (primary N) is 1. The van der Waals surface area contributed by atoms with Crippen LogP contribution < -0.4 is 5.73 Å². The molecule has 3 N–H and O–H groups in total. The Balaban J connectivity index is 0.00000114. The van der Waals surface area contributed by atoms with E-state index in [9.17, 15) is 26.7 Å². The summed E-state index contributed by atoms with van der Waals surface area (Å²) >= 11 is 0. The first kappa shape index (κ1) is 22.5. The lowest BCUT2D eigenvalue weighted by Crippen LogP contribution is -2.38. The predicted octanol–water partition coefficient (Wildman–Crippen LogP) is 2.14. The third-order valence-corrected chi connectivity index (χ3v) is 3.58. The molecule has 150 valence electrons. The first-order valence-electron chi connectivity index (χ1n) is 7.47. The van der Waals surface area contributed by atoms with Crippen LogP contribution in [0.25, 0.3) is 0 Å². The van der Waals surface area contributed by atoms with Gasteiger partial charge in [-0.25, -0.2) is 8.78 Å². The van der Waals surface area contributed by atoms with E-state index in [-0.39, 0.29) is 36.6 Å². The Hall–Kier alpha value is -2.56. The minimum absolute atomic E-state index is 0.0102. The normalized spacial score (nSPS) is 20.7. The number of carbonyl (C=O) groups excluding carboxylic acids is 1. The van der Waals surface area contributed by atoms with Gasteiger partial charge in [0.2, 0.25) is 0 Å². The molecule has 2 atom stereocenters. The molecule has 0 aliphatic carbocycles. The van der Waals surface area contributed by atoms with Crippen LogP contribution in [0, 0.1) is 5.82 Å². The SMILES string of the molecule is C[C@@]1(c2cc(CC(=O)C(F)C(F)(F)F)ccc2F)COCC(N)=N1.O=CO. The third kappa shape index (κ3) is 5.98. The van der Waals surface area contributed by atoms with Crippen LogP contribution in [0.15, 0.2) is 23.2 Å². The fraction of sp³-hybridized carbons (Fsp3) is 0.438. The zero-order chi connectivity index (χ0) is 20.8. The number of halogens is 5. The van der Waals surface area contributed by atoms with Crippen LogP contribution in [-0.4, -0.2) is 48.8 Å². The highest BCUT2D eigenvalue weighted by molar-refractivity contribution is 5.86. The van der Waals surface area contributed by atoms with Gasteiger partial charge in [-0.1, -0.05) is 6.07 Å². The Morgan fingerprint density at radius 1 is 1.48 bits per heavy atom. The molecule has 1 aromatic rings. The summed E-state index contributed by atoms with van der Waals surface area (Å²) in [4.78, 5) is 23.9. The molecule has 0 bridgehead atoms. The number of rotatable bonds is 4. The average Bonchev–Trinajstić information content (AvgIpc) is 2.55. The number of carbonyl (C=O) groups is 2. The Morgan fingerprint density at radius 3 is 2.59 bits per heavy atom. The van der Waals surface area contributed by atoms with E-state index in [1.54, 1.807) is 0 Å². The second-order valence-corrected chi connectivity index (χ2v) is 5.84. The van der Waals surface area contributed by atoms with E-state index >= 15 is 0 Å². The summed E-state index contributed by atoms with van der Waals surface area (Å²) in [6.45, 7) is 1.39. The molecular formula is C16H17F5N2O4. The van der Waals surface area contributed by atoms with Crippen molar-refractivity contribution < 1.29 is 41.4 Å². The van der Waals surface area contributed by atoms with Gasteiger partial charge in [-0.3, -0.25) is 14.6 Å². The fourth-order valence-corrected chi connectivity index (χ4v) is 2.44. The summed E-state index contributed by atoms with van der Waals surface area (Å²) in [5.74, 6) is -2.18. The summed E-state index contributed by atoms with van der Waals surface area (Å²) in [5, 5.41) is 6.89. The molecule has 0 spiro atoms. The molecule has 1 heterocycles. The Labute approximate surface area is 150 Å². The van der Waals surface area contributed by atoms with Gasteiger partial charge in [0.25, 0.3) is 12.6 Å². The monoisotopic (exact) mass is 396 g/mol. The molecule has 0 saturated carbocycles. The van der Waals surface area contributed by atoms with Crippen molar-refractivity contribution in [2.45, 2.75) is 31.2 Å². The molecular weight excluding hydrogens is 379 g/mol. The molecule has 1 aromatic carbocycles. The number of nitrogens with zero attached hydrogens (tertiary/aromatic N) is 1. The van der Waals surface area contributed by atoms with Crippen LogP contribution in [0.5, 0.6) is 0 Å². The lowest BCUT2D eigenvalue weighted by molar-refractivity contribution is -0.185. The topological polar surface area (TPSA) is 102 Å². The number of amidine groups is 1. The molecule has 11 heteroatoms. The van der Waals surface area contributed by atoms with Gasteiger partial charge in [0.05, 0.1) is 6.61 Å². The van der Waals surface area contributed by atoms with Crippen molar-refractivity contribution in [1.29, 1.82) is 0 Å². The van der Waals surface area contributed by atoms with E-state index in [0.717, 1.165) is 12.1 Å². The number of ether oxygens (including phenoxy) is 1. The predicted molar refractivity (Wildman–Crippen MR) is 84.5 cm³/mol. The quantitative estimate of drug-likeness (QED) is 0.600. The van der Waals surface area contributed by atoms with Crippen molar-refractivity contribution in [3.05, 3.63) is 35.1 Å². The summed E-state index contributed by atoms with van der Waals surface area (Å²) in [6, 6.07) is 3.30. The number of hydrogen-bond acceptors (Lipinski definition) is 5. The molecule has 0 amide bonds. The smallest absolute Gasteiger partial charge is 0.426 e. The van der Waals surface area contributed by atoms with Crippen LogP contribution in [0.3, 0.4) is 0 Å². The van der Waals surface area contributed by atoms with Crippen LogP contribution >= 0.6 is 0 Å². The Bertz CT molecular complexity index is 723. The lowest BCUT2D eigenvalue weighted by atomic mass is 9.90. The average molecular weight is 396 g/mol. The van der Waals surface area contributed by atoms with Gasteiger partial charge >= 0.3 is 6.18 Å². The van der Waals surface area contributed by atoms with E-state index in [4.69, 9.17) is 20.4 Å². The van der Waals surface area contributed by atoms with Crippen LogP contribution in [0.4, 0.5) is 22.0 Å². The number of benzene rings is 1. The number of hydrogen-bond donors (Lipinski definition) is 2. The van der Waals surface area contributed by atoms with Gasteiger partial charge in [0.1, 0.15) is 23.8 Å². The number of ketones is 1. The van der Waals surface area contributed by atoms with Crippen molar-refractivity contribution in [2.75, 3.05) is 13.2 Å². The van der Waals surface area contributed by atoms with E-state index in [1.165, 1.54) is 13.0 Å². The second-order valence-electron chi connectivity index (χ2n) is 5.84. The lowest BCUT2D eigenvalue weighted by Gasteiger charge is -2.30. The molecule has 0 saturated heterocycles. The summed E-state index contributed by atoms with van der Waals surface area (Å²) < 4.78 is 69.1. The van der Waals surface area contributed by atoms with Crippen molar-refractivity contribution >= 4 is 18.1 Å².